The zero-order valence-corrected chi connectivity index (χ0v) is 30.3. The molecule has 0 fully saturated rings. The highest BCUT2D eigenvalue weighted by Crippen LogP contribution is 2.38. The average Bonchev–Trinajstić information content (AvgIpc) is 3.79. The van der Waals surface area contributed by atoms with Crippen LogP contribution in [-0.2, 0) is 0 Å². The van der Waals surface area contributed by atoms with Gasteiger partial charge in [-0.2, -0.15) is 9.97 Å². The molecule has 262 valence electrons. The first-order valence-corrected chi connectivity index (χ1v) is 18.9. The molecule has 0 amide bonds. The van der Waals surface area contributed by atoms with Crippen molar-refractivity contribution >= 4 is 43.6 Å². The van der Waals surface area contributed by atoms with Gasteiger partial charge in [-0.15, -0.1) is 0 Å². The average molecular weight is 716 g/mol. The number of nitrogens with zero attached hydrogens (tertiary/aromatic N) is 5. The van der Waals surface area contributed by atoms with Crippen LogP contribution in [0.15, 0.2) is 200 Å². The summed E-state index contributed by atoms with van der Waals surface area (Å²) in [6.45, 7) is 0. The van der Waals surface area contributed by atoms with Gasteiger partial charge in [0.2, 0.25) is 5.95 Å². The molecular weight excluding hydrogens is 683 g/mol. The SMILES string of the molecule is c1ccc(-c2ccc(-n3c4ccccc4c4ccc(-c5ccc6c(c5)c5ccccc5n6-c5nc(-c6ccccc6)nc(-c6ccccc6)n5)cc43)cc2)cc1. The molecule has 0 saturated heterocycles. The Kier molecular flexibility index (Phi) is 7.42. The summed E-state index contributed by atoms with van der Waals surface area (Å²) in [5, 5.41) is 4.74. The lowest BCUT2D eigenvalue weighted by Crippen LogP contribution is -2.06. The van der Waals surface area contributed by atoms with E-state index in [0.717, 1.165) is 49.7 Å². The fraction of sp³-hybridized carbons (Fsp3) is 0. The highest BCUT2D eigenvalue weighted by Gasteiger charge is 2.19. The molecule has 0 aliphatic carbocycles. The Labute approximate surface area is 323 Å². The Bertz CT molecular complexity index is 3160. The fourth-order valence-electron chi connectivity index (χ4n) is 8.13. The zero-order chi connectivity index (χ0) is 37.0. The molecule has 0 unspecified atom stereocenters. The molecular formula is C51H33N5. The molecule has 3 heterocycles. The molecule has 0 atom stereocenters. The lowest BCUT2D eigenvalue weighted by atomic mass is 10.0. The van der Waals surface area contributed by atoms with Crippen molar-refractivity contribution in [2.75, 3.05) is 0 Å². The quantitative estimate of drug-likeness (QED) is 0.172. The van der Waals surface area contributed by atoms with E-state index in [9.17, 15) is 0 Å². The van der Waals surface area contributed by atoms with Gasteiger partial charge >= 0.3 is 0 Å². The van der Waals surface area contributed by atoms with Crippen LogP contribution in [0.3, 0.4) is 0 Å². The lowest BCUT2D eigenvalue weighted by Gasteiger charge is -2.11. The van der Waals surface area contributed by atoms with Crippen molar-refractivity contribution in [2.24, 2.45) is 0 Å². The number of fused-ring (bicyclic) bond motifs is 6. The highest BCUT2D eigenvalue weighted by molar-refractivity contribution is 6.12. The van der Waals surface area contributed by atoms with Crippen LogP contribution in [-0.4, -0.2) is 24.1 Å². The van der Waals surface area contributed by atoms with Crippen molar-refractivity contribution in [2.45, 2.75) is 0 Å². The van der Waals surface area contributed by atoms with Crippen LogP contribution < -0.4 is 0 Å². The minimum atomic E-state index is 0.584. The van der Waals surface area contributed by atoms with E-state index in [1.54, 1.807) is 0 Å². The lowest BCUT2D eigenvalue weighted by molar-refractivity contribution is 0.953. The molecule has 11 rings (SSSR count). The summed E-state index contributed by atoms with van der Waals surface area (Å²) in [6.07, 6.45) is 0. The molecule has 11 aromatic rings. The first-order valence-electron chi connectivity index (χ1n) is 18.9. The third-order valence-corrected chi connectivity index (χ3v) is 10.8. The molecule has 0 spiro atoms. The van der Waals surface area contributed by atoms with Crippen molar-refractivity contribution in [1.29, 1.82) is 0 Å². The van der Waals surface area contributed by atoms with E-state index in [4.69, 9.17) is 15.0 Å². The van der Waals surface area contributed by atoms with Crippen LogP contribution in [0.2, 0.25) is 0 Å². The number of aromatic nitrogens is 5. The second-order valence-electron chi connectivity index (χ2n) is 14.1. The highest BCUT2D eigenvalue weighted by atomic mass is 15.2. The van der Waals surface area contributed by atoms with E-state index in [2.05, 4.69) is 149 Å². The number of hydrogen-bond donors (Lipinski definition) is 0. The molecule has 0 aliphatic heterocycles. The third-order valence-electron chi connectivity index (χ3n) is 10.8. The number of hydrogen-bond acceptors (Lipinski definition) is 3. The van der Waals surface area contributed by atoms with E-state index in [-0.39, 0.29) is 0 Å². The van der Waals surface area contributed by atoms with Crippen molar-refractivity contribution in [1.82, 2.24) is 24.1 Å². The summed E-state index contributed by atoms with van der Waals surface area (Å²) in [7, 11) is 0. The number of rotatable bonds is 6. The molecule has 5 nitrogen and oxygen atoms in total. The smallest absolute Gasteiger partial charge is 0.238 e. The predicted molar refractivity (Wildman–Crippen MR) is 230 cm³/mol. The van der Waals surface area contributed by atoms with Crippen molar-refractivity contribution < 1.29 is 0 Å². The molecule has 0 saturated carbocycles. The largest absolute Gasteiger partial charge is 0.309 e. The maximum Gasteiger partial charge on any atom is 0.238 e. The number of para-hydroxylation sites is 2. The molecule has 56 heavy (non-hydrogen) atoms. The number of benzene rings is 8. The first kappa shape index (κ1) is 31.9. The van der Waals surface area contributed by atoms with Gasteiger partial charge < -0.3 is 4.57 Å². The first-order chi connectivity index (χ1) is 27.8. The fourth-order valence-corrected chi connectivity index (χ4v) is 8.13. The zero-order valence-electron chi connectivity index (χ0n) is 30.3. The Morgan fingerprint density at radius 3 is 1.36 bits per heavy atom. The normalized spacial score (nSPS) is 11.6. The summed E-state index contributed by atoms with van der Waals surface area (Å²) in [5.74, 6) is 1.85. The minimum Gasteiger partial charge on any atom is -0.309 e. The van der Waals surface area contributed by atoms with Gasteiger partial charge in [0.05, 0.1) is 22.1 Å². The van der Waals surface area contributed by atoms with Gasteiger partial charge in [-0.3, -0.25) is 4.57 Å². The van der Waals surface area contributed by atoms with Crippen LogP contribution in [0.25, 0.3) is 100 Å². The molecule has 5 heteroatoms. The van der Waals surface area contributed by atoms with Gasteiger partial charge in [0.1, 0.15) is 0 Å². The van der Waals surface area contributed by atoms with Crippen LogP contribution in [0.5, 0.6) is 0 Å². The molecule has 8 aromatic carbocycles. The second-order valence-corrected chi connectivity index (χ2v) is 14.1. The van der Waals surface area contributed by atoms with Gasteiger partial charge in [0.25, 0.3) is 0 Å². The topological polar surface area (TPSA) is 48.5 Å². The van der Waals surface area contributed by atoms with E-state index in [1.165, 1.54) is 32.9 Å². The summed E-state index contributed by atoms with van der Waals surface area (Å²) in [5.41, 5.74) is 12.2. The van der Waals surface area contributed by atoms with Crippen molar-refractivity contribution in [3.05, 3.63) is 200 Å². The summed E-state index contributed by atoms with van der Waals surface area (Å²) >= 11 is 0. The minimum absolute atomic E-state index is 0.584. The van der Waals surface area contributed by atoms with Crippen molar-refractivity contribution in [3.8, 4) is 56.7 Å². The summed E-state index contributed by atoms with van der Waals surface area (Å²) in [4.78, 5) is 15.2. The Balaban J connectivity index is 1.08. The standard InChI is InChI=1S/C51H33N5/c1-4-14-34(15-5-1)35-24-28-40(29-25-35)55-45-22-12-10-20-41(45)43-30-26-39(33-48(43)55)38-27-31-47-44(32-38)42-21-11-13-23-46(42)56(47)51-53-49(36-16-6-2-7-17-36)52-50(54-51)37-18-8-3-9-19-37/h1-33H. The molecule has 0 aliphatic rings. The van der Waals surface area contributed by atoms with E-state index in [1.807, 2.05) is 60.7 Å². The van der Waals surface area contributed by atoms with E-state index < -0.39 is 0 Å². The summed E-state index contributed by atoms with van der Waals surface area (Å²) in [6, 6.07) is 70.5. The van der Waals surface area contributed by atoms with Gasteiger partial charge in [-0.05, 0) is 64.7 Å². The maximum atomic E-state index is 5.11. The molecule has 0 bridgehead atoms. The second kappa shape index (κ2) is 13.0. The Morgan fingerprint density at radius 1 is 0.268 bits per heavy atom. The van der Waals surface area contributed by atoms with Crippen LogP contribution in [0.1, 0.15) is 0 Å². The summed E-state index contributed by atoms with van der Waals surface area (Å²) < 4.78 is 4.57. The van der Waals surface area contributed by atoms with Gasteiger partial charge in [0.15, 0.2) is 11.6 Å². The predicted octanol–water partition coefficient (Wildman–Crippen LogP) is 12.7. The van der Waals surface area contributed by atoms with Gasteiger partial charge in [0, 0.05) is 38.4 Å². The third kappa shape index (κ3) is 5.29. The van der Waals surface area contributed by atoms with Gasteiger partial charge in [-0.1, -0.05) is 158 Å². The maximum absolute atomic E-state index is 5.11. The Morgan fingerprint density at radius 2 is 0.714 bits per heavy atom. The molecule has 0 N–H and O–H groups in total. The van der Waals surface area contributed by atoms with Crippen LogP contribution in [0.4, 0.5) is 0 Å². The monoisotopic (exact) mass is 715 g/mol. The van der Waals surface area contributed by atoms with Crippen LogP contribution >= 0.6 is 0 Å². The Hall–Kier alpha value is -7.63. The van der Waals surface area contributed by atoms with E-state index >= 15 is 0 Å². The van der Waals surface area contributed by atoms with E-state index in [0.29, 0.717) is 17.6 Å². The molecule has 3 aromatic heterocycles. The van der Waals surface area contributed by atoms with Crippen LogP contribution in [0, 0.1) is 0 Å². The molecule has 0 radical (unpaired) electrons. The van der Waals surface area contributed by atoms with Gasteiger partial charge in [-0.25, -0.2) is 4.98 Å². The van der Waals surface area contributed by atoms with Crippen molar-refractivity contribution in [3.63, 3.8) is 0 Å².